The van der Waals surface area contributed by atoms with Crippen LogP contribution in [-0.2, 0) is 9.78 Å². The van der Waals surface area contributed by atoms with E-state index < -0.39 is 9.58 Å². The van der Waals surface area contributed by atoms with Crippen LogP contribution < -0.4 is 0 Å². The van der Waals surface area contributed by atoms with Crippen LogP contribution in [0.1, 0.15) is 6.92 Å². The summed E-state index contributed by atoms with van der Waals surface area (Å²) in [7, 11) is 0. The molecule has 0 spiro atoms. The minimum Gasteiger partial charge on any atom is -0.190 e. The van der Waals surface area contributed by atoms with E-state index in [2.05, 4.69) is 9.78 Å². The third-order valence-electron chi connectivity index (χ3n) is 0.848. The maximum Gasteiger partial charge on any atom is 0.277 e. The third kappa shape index (κ3) is 1.04. The first-order chi connectivity index (χ1) is 3.46. The molecule has 48 valence electrons. The predicted octanol–water partition coefficient (Wildman–Crippen LogP) is 2.03. The molecule has 0 aromatic carbocycles. The highest BCUT2D eigenvalue weighted by Crippen LogP contribution is 2.49. The van der Waals surface area contributed by atoms with E-state index in [9.17, 15) is 0 Å². The molecule has 0 atom stereocenters. The fourth-order valence-electron chi connectivity index (χ4n) is 0.157. The Hall–Kier alpha value is 0.790. The summed E-state index contributed by atoms with van der Waals surface area (Å²) in [6.45, 7) is 1.54. The monoisotopic (exact) mass is 176 g/mol. The van der Waals surface area contributed by atoms with E-state index in [0.29, 0.717) is 0 Å². The Balaban J connectivity index is 2.58. The van der Waals surface area contributed by atoms with Crippen LogP contribution in [-0.4, -0.2) is 9.58 Å². The highest BCUT2D eigenvalue weighted by molar-refractivity contribution is 6.68. The van der Waals surface area contributed by atoms with E-state index in [0.717, 1.165) is 0 Å². The van der Waals surface area contributed by atoms with Crippen molar-refractivity contribution in [1.29, 1.82) is 0 Å². The Kier molecular flexibility index (Phi) is 1.42. The summed E-state index contributed by atoms with van der Waals surface area (Å²) in [4.78, 5) is 8.73. The van der Waals surface area contributed by atoms with Gasteiger partial charge in [0.2, 0.25) is 3.79 Å². The van der Waals surface area contributed by atoms with Crippen molar-refractivity contribution >= 4 is 34.8 Å². The summed E-state index contributed by atoms with van der Waals surface area (Å²) in [6.07, 6.45) is 0. The molecule has 1 aliphatic heterocycles. The summed E-state index contributed by atoms with van der Waals surface area (Å²) in [5.41, 5.74) is 0. The third-order valence-corrected chi connectivity index (χ3v) is 1.88. The molecular weight excluding hydrogens is 174 g/mol. The molecule has 0 aromatic heterocycles. The second kappa shape index (κ2) is 1.64. The maximum atomic E-state index is 5.35. The highest BCUT2D eigenvalue weighted by Gasteiger charge is 2.60. The van der Waals surface area contributed by atoms with Crippen molar-refractivity contribution in [3.05, 3.63) is 0 Å². The molecule has 1 heterocycles. The summed E-state index contributed by atoms with van der Waals surface area (Å²) < 4.78 is -1.48. The van der Waals surface area contributed by atoms with Crippen LogP contribution in [0.3, 0.4) is 0 Å². The SMILES string of the molecule is CC1(C(Cl)(Cl)Cl)OO1. The second-order valence-corrected chi connectivity index (χ2v) is 3.89. The molecule has 1 saturated heterocycles. The summed E-state index contributed by atoms with van der Waals surface area (Å²) in [5.74, 6) is -1.02. The van der Waals surface area contributed by atoms with Crippen LogP contribution in [0.25, 0.3) is 0 Å². The molecule has 0 aromatic rings. The molecule has 0 aliphatic carbocycles. The zero-order valence-electron chi connectivity index (χ0n) is 3.95. The van der Waals surface area contributed by atoms with Crippen LogP contribution >= 0.6 is 34.8 Å². The molecular formula is C3H3Cl3O2. The fraction of sp³-hybridized carbons (Fsp3) is 1.00. The zero-order valence-corrected chi connectivity index (χ0v) is 6.22. The summed E-state index contributed by atoms with van der Waals surface area (Å²) in [5, 5.41) is 0. The lowest BCUT2D eigenvalue weighted by atomic mass is 10.4. The molecule has 0 saturated carbocycles. The van der Waals surface area contributed by atoms with Crippen LogP contribution in [0.5, 0.6) is 0 Å². The van der Waals surface area contributed by atoms with Gasteiger partial charge in [-0.05, 0) is 6.92 Å². The minimum atomic E-state index is -1.48. The quantitative estimate of drug-likeness (QED) is 0.321. The molecule has 0 amide bonds. The van der Waals surface area contributed by atoms with E-state index >= 15 is 0 Å². The summed E-state index contributed by atoms with van der Waals surface area (Å²) in [6, 6.07) is 0. The molecule has 8 heavy (non-hydrogen) atoms. The first-order valence-corrected chi connectivity index (χ1v) is 3.03. The van der Waals surface area contributed by atoms with Crippen LogP contribution in [0.2, 0.25) is 0 Å². The Labute approximate surface area is 61.5 Å². The summed E-state index contributed by atoms with van der Waals surface area (Å²) >= 11 is 16.1. The average molecular weight is 177 g/mol. The van der Waals surface area contributed by atoms with E-state index in [-0.39, 0.29) is 0 Å². The largest absolute Gasteiger partial charge is 0.277 e. The van der Waals surface area contributed by atoms with Gasteiger partial charge in [0, 0.05) is 0 Å². The Morgan fingerprint density at radius 1 is 1.25 bits per heavy atom. The van der Waals surface area contributed by atoms with Gasteiger partial charge < -0.3 is 0 Å². The van der Waals surface area contributed by atoms with Gasteiger partial charge >= 0.3 is 0 Å². The van der Waals surface area contributed by atoms with Gasteiger partial charge in [-0.2, -0.15) is 9.78 Å². The van der Waals surface area contributed by atoms with Gasteiger partial charge in [0.05, 0.1) is 0 Å². The molecule has 0 N–H and O–H groups in total. The molecule has 0 unspecified atom stereocenters. The van der Waals surface area contributed by atoms with E-state index in [1.54, 1.807) is 6.92 Å². The minimum absolute atomic E-state index is 1.02. The Morgan fingerprint density at radius 2 is 1.62 bits per heavy atom. The molecule has 0 radical (unpaired) electrons. The van der Waals surface area contributed by atoms with Crippen molar-refractivity contribution in [2.45, 2.75) is 16.5 Å². The van der Waals surface area contributed by atoms with Crippen LogP contribution in [0.15, 0.2) is 0 Å². The normalized spacial score (nSPS) is 25.5. The molecule has 0 bridgehead atoms. The van der Waals surface area contributed by atoms with E-state index in [4.69, 9.17) is 34.8 Å². The fourth-order valence-corrected chi connectivity index (χ4v) is 0.346. The van der Waals surface area contributed by atoms with Gasteiger partial charge in [0.1, 0.15) is 0 Å². The first-order valence-electron chi connectivity index (χ1n) is 1.89. The van der Waals surface area contributed by atoms with Gasteiger partial charge in [-0.25, -0.2) is 0 Å². The smallest absolute Gasteiger partial charge is 0.190 e. The van der Waals surface area contributed by atoms with Crippen molar-refractivity contribution in [3.8, 4) is 0 Å². The molecule has 1 rings (SSSR count). The van der Waals surface area contributed by atoms with Crippen molar-refractivity contribution in [2.75, 3.05) is 0 Å². The van der Waals surface area contributed by atoms with Crippen LogP contribution in [0.4, 0.5) is 0 Å². The van der Waals surface area contributed by atoms with Gasteiger partial charge in [0.15, 0.2) is 0 Å². The van der Waals surface area contributed by atoms with Crippen LogP contribution in [0, 0.1) is 0 Å². The lowest BCUT2D eigenvalue weighted by molar-refractivity contribution is 0.0850. The van der Waals surface area contributed by atoms with E-state index in [1.807, 2.05) is 0 Å². The van der Waals surface area contributed by atoms with Gasteiger partial charge in [0.25, 0.3) is 5.79 Å². The average Bonchev–Trinajstić information content (AvgIpc) is 2.16. The molecule has 2 nitrogen and oxygen atoms in total. The van der Waals surface area contributed by atoms with Gasteiger partial charge in [-0.3, -0.25) is 0 Å². The number of halogens is 3. The van der Waals surface area contributed by atoms with Gasteiger partial charge in [-0.1, -0.05) is 34.8 Å². The van der Waals surface area contributed by atoms with Crippen molar-refractivity contribution in [2.24, 2.45) is 0 Å². The van der Waals surface area contributed by atoms with Crippen molar-refractivity contribution in [3.63, 3.8) is 0 Å². The molecule has 5 heteroatoms. The van der Waals surface area contributed by atoms with Crippen molar-refractivity contribution < 1.29 is 9.78 Å². The Bertz CT molecular complexity index is 100. The number of rotatable bonds is 0. The topological polar surface area (TPSA) is 25.1 Å². The first kappa shape index (κ1) is 6.90. The van der Waals surface area contributed by atoms with Gasteiger partial charge in [-0.15, -0.1) is 0 Å². The predicted molar refractivity (Wildman–Crippen MR) is 30.9 cm³/mol. The number of alkyl halides is 3. The van der Waals surface area contributed by atoms with Crippen molar-refractivity contribution in [1.82, 2.24) is 0 Å². The molecule has 1 fully saturated rings. The highest BCUT2D eigenvalue weighted by atomic mass is 35.6. The second-order valence-electron chi connectivity index (χ2n) is 1.61. The zero-order chi connectivity index (χ0) is 6.41. The molecule has 1 aliphatic rings. The maximum absolute atomic E-state index is 5.35. The lowest BCUT2D eigenvalue weighted by Crippen LogP contribution is -2.24. The Morgan fingerprint density at radius 3 is 1.62 bits per heavy atom. The lowest BCUT2D eigenvalue weighted by Gasteiger charge is -2.08. The van der Waals surface area contributed by atoms with E-state index in [1.165, 1.54) is 0 Å². The number of hydrogen-bond donors (Lipinski definition) is 0. The number of hydrogen-bond acceptors (Lipinski definition) is 2. The standard InChI is InChI=1S/C3H3Cl3O2/c1-2(7-8-2)3(4,5)6/h1H3.